The second kappa shape index (κ2) is 9.19. The number of rotatable bonds is 6. The van der Waals surface area contributed by atoms with Gasteiger partial charge in [0.1, 0.15) is 0 Å². The molecule has 1 aromatic heterocycles. The molecule has 0 atom stereocenters. The van der Waals surface area contributed by atoms with Crippen LogP contribution >= 0.6 is 11.3 Å². The Bertz CT molecular complexity index is 1030. The van der Waals surface area contributed by atoms with Crippen molar-refractivity contribution in [1.29, 1.82) is 0 Å². The van der Waals surface area contributed by atoms with E-state index < -0.39 is 0 Å². The number of hydrogen-bond acceptors (Lipinski definition) is 5. The average molecular weight is 421 g/mol. The van der Waals surface area contributed by atoms with Gasteiger partial charge in [0.2, 0.25) is 5.91 Å². The number of likely N-dealkylation sites (N-methyl/N-ethyl adjacent to an activating group) is 1. The van der Waals surface area contributed by atoms with Crippen LogP contribution in [-0.2, 0) is 17.8 Å². The van der Waals surface area contributed by atoms with Crippen LogP contribution in [0.2, 0.25) is 0 Å². The molecule has 2 N–H and O–H groups in total. The van der Waals surface area contributed by atoms with Gasteiger partial charge in [0.05, 0.1) is 12.2 Å². The lowest BCUT2D eigenvalue weighted by atomic mass is 10.0. The summed E-state index contributed by atoms with van der Waals surface area (Å²) < 4.78 is 0. The summed E-state index contributed by atoms with van der Waals surface area (Å²) in [6.07, 6.45) is 0.908. The molecule has 0 unspecified atom stereocenters. The van der Waals surface area contributed by atoms with Crippen LogP contribution in [0.15, 0.2) is 54.6 Å². The zero-order chi connectivity index (χ0) is 20.9. The minimum atomic E-state index is -0.276. The molecular formula is C23H24N4O2S. The van der Waals surface area contributed by atoms with Crippen LogP contribution < -0.4 is 10.6 Å². The molecule has 2 aromatic carbocycles. The zero-order valence-corrected chi connectivity index (χ0v) is 17.7. The van der Waals surface area contributed by atoms with Gasteiger partial charge in [-0.15, -0.1) is 11.3 Å². The lowest BCUT2D eigenvalue weighted by Crippen LogP contribution is -2.32. The Morgan fingerprint density at radius 1 is 1.07 bits per heavy atom. The van der Waals surface area contributed by atoms with Crippen molar-refractivity contribution in [3.05, 3.63) is 70.7 Å². The Kier molecular flexibility index (Phi) is 6.21. The predicted octanol–water partition coefficient (Wildman–Crippen LogP) is 3.56. The number of amides is 2. The highest BCUT2D eigenvalue weighted by Gasteiger charge is 2.20. The molecule has 3 aromatic rings. The molecule has 30 heavy (non-hydrogen) atoms. The lowest BCUT2D eigenvalue weighted by molar-refractivity contribution is -0.115. The van der Waals surface area contributed by atoms with E-state index in [9.17, 15) is 9.59 Å². The average Bonchev–Trinajstić information content (AvgIpc) is 3.19. The van der Waals surface area contributed by atoms with Crippen molar-refractivity contribution >= 4 is 28.3 Å². The van der Waals surface area contributed by atoms with Gasteiger partial charge in [-0.05, 0) is 29.8 Å². The first-order valence-electron chi connectivity index (χ1n) is 10.1. The highest BCUT2D eigenvalue weighted by molar-refractivity contribution is 7.15. The van der Waals surface area contributed by atoms with E-state index in [0.717, 1.165) is 42.9 Å². The Hall–Kier alpha value is -3.03. The molecule has 154 valence electrons. The molecule has 0 saturated heterocycles. The van der Waals surface area contributed by atoms with E-state index in [1.165, 1.54) is 16.2 Å². The molecule has 0 aliphatic carbocycles. The van der Waals surface area contributed by atoms with Crippen molar-refractivity contribution in [3.8, 4) is 11.1 Å². The summed E-state index contributed by atoms with van der Waals surface area (Å²) in [7, 11) is 0. The first kappa shape index (κ1) is 20.3. The third-order valence-electron chi connectivity index (χ3n) is 5.17. The van der Waals surface area contributed by atoms with Crippen LogP contribution in [0.25, 0.3) is 11.1 Å². The smallest absolute Gasteiger partial charge is 0.251 e. The minimum Gasteiger partial charge on any atom is -0.343 e. The van der Waals surface area contributed by atoms with Crippen LogP contribution in [0.3, 0.4) is 0 Å². The fourth-order valence-corrected chi connectivity index (χ4v) is 4.51. The highest BCUT2D eigenvalue weighted by Crippen LogP contribution is 2.28. The lowest BCUT2D eigenvalue weighted by Gasteiger charge is -2.23. The number of nitrogens with one attached hydrogen (secondary N) is 2. The van der Waals surface area contributed by atoms with Crippen molar-refractivity contribution in [2.45, 2.75) is 19.9 Å². The normalized spacial score (nSPS) is 13.5. The largest absolute Gasteiger partial charge is 0.343 e. The number of carbonyl (C=O) groups excluding carboxylic acids is 2. The summed E-state index contributed by atoms with van der Waals surface area (Å²) in [6.45, 7) is 4.95. The van der Waals surface area contributed by atoms with Crippen molar-refractivity contribution < 1.29 is 9.59 Å². The molecule has 2 heterocycles. The number of thiazole rings is 1. The standard InChI is InChI=1S/C23H24N4O2S/c1-2-27-13-12-19-20(15-27)30-23(25-19)26-21(28)14-24-22(29)18-10-8-17(9-11-18)16-6-4-3-5-7-16/h3-11H,2,12-15H2,1H3,(H,24,29)(H,25,26,28). The van der Waals surface area contributed by atoms with E-state index in [0.29, 0.717) is 10.7 Å². The van der Waals surface area contributed by atoms with Crippen molar-refractivity contribution in [2.75, 3.05) is 25.0 Å². The molecule has 0 saturated carbocycles. The second-order valence-electron chi connectivity index (χ2n) is 7.18. The fraction of sp³-hybridized carbons (Fsp3) is 0.261. The molecule has 4 rings (SSSR count). The minimum absolute atomic E-state index is 0.0927. The molecule has 0 bridgehead atoms. The molecule has 6 nitrogen and oxygen atoms in total. The molecular weight excluding hydrogens is 396 g/mol. The summed E-state index contributed by atoms with van der Waals surface area (Å²) in [5.41, 5.74) is 3.73. The van der Waals surface area contributed by atoms with Gasteiger partial charge < -0.3 is 10.6 Å². The zero-order valence-electron chi connectivity index (χ0n) is 16.9. The van der Waals surface area contributed by atoms with Crippen LogP contribution in [0.1, 0.15) is 27.9 Å². The van der Waals surface area contributed by atoms with E-state index in [1.54, 1.807) is 12.1 Å². The van der Waals surface area contributed by atoms with Crippen LogP contribution in [0.5, 0.6) is 0 Å². The topological polar surface area (TPSA) is 74.3 Å². The van der Waals surface area contributed by atoms with E-state index in [2.05, 4.69) is 27.4 Å². The maximum absolute atomic E-state index is 12.4. The number of hydrogen-bond donors (Lipinski definition) is 2. The van der Waals surface area contributed by atoms with E-state index in [1.807, 2.05) is 42.5 Å². The van der Waals surface area contributed by atoms with Gasteiger partial charge in [0.15, 0.2) is 5.13 Å². The van der Waals surface area contributed by atoms with Gasteiger partial charge in [0, 0.05) is 30.0 Å². The van der Waals surface area contributed by atoms with Gasteiger partial charge in [-0.3, -0.25) is 14.5 Å². The number of fused-ring (bicyclic) bond motifs is 1. The predicted molar refractivity (Wildman–Crippen MR) is 120 cm³/mol. The maximum Gasteiger partial charge on any atom is 0.251 e. The second-order valence-corrected chi connectivity index (χ2v) is 8.27. The Morgan fingerprint density at radius 2 is 1.80 bits per heavy atom. The van der Waals surface area contributed by atoms with Gasteiger partial charge in [0.25, 0.3) is 5.91 Å². The highest BCUT2D eigenvalue weighted by atomic mass is 32.1. The van der Waals surface area contributed by atoms with Crippen molar-refractivity contribution in [2.24, 2.45) is 0 Å². The number of benzene rings is 2. The van der Waals surface area contributed by atoms with E-state index in [-0.39, 0.29) is 18.4 Å². The SMILES string of the molecule is CCN1CCc2nc(NC(=O)CNC(=O)c3ccc(-c4ccccc4)cc3)sc2C1. The fourth-order valence-electron chi connectivity index (χ4n) is 3.44. The number of nitrogens with zero attached hydrogens (tertiary/aromatic N) is 2. The Morgan fingerprint density at radius 3 is 2.53 bits per heavy atom. The maximum atomic E-state index is 12.4. The molecule has 2 amide bonds. The van der Waals surface area contributed by atoms with E-state index >= 15 is 0 Å². The van der Waals surface area contributed by atoms with Crippen molar-refractivity contribution in [3.63, 3.8) is 0 Å². The van der Waals surface area contributed by atoms with Crippen molar-refractivity contribution in [1.82, 2.24) is 15.2 Å². The molecule has 7 heteroatoms. The summed E-state index contributed by atoms with van der Waals surface area (Å²) >= 11 is 1.52. The van der Waals surface area contributed by atoms with Crippen LogP contribution in [-0.4, -0.2) is 41.3 Å². The summed E-state index contributed by atoms with van der Waals surface area (Å²) in [5, 5.41) is 6.08. The molecule has 0 spiro atoms. The summed E-state index contributed by atoms with van der Waals surface area (Å²) in [4.78, 5) is 32.7. The molecule has 0 fully saturated rings. The summed E-state index contributed by atoms with van der Waals surface area (Å²) in [6, 6.07) is 17.3. The third kappa shape index (κ3) is 4.75. The van der Waals surface area contributed by atoms with Gasteiger partial charge in [-0.25, -0.2) is 4.98 Å². The number of carbonyl (C=O) groups is 2. The first-order chi connectivity index (χ1) is 14.6. The Balaban J connectivity index is 1.30. The molecule has 1 aliphatic heterocycles. The Labute approximate surface area is 180 Å². The van der Waals surface area contributed by atoms with E-state index in [4.69, 9.17) is 0 Å². The monoisotopic (exact) mass is 420 g/mol. The number of aromatic nitrogens is 1. The van der Waals surface area contributed by atoms with Gasteiger partial charge in [-0.1, -0.05) is 49.4 Å². The van der Waals surface area contributed by atoms with Gasteiger partial charge in [-0.2, -0.15) is 0 Å². The molecule has 1 aliphatic rings. The van der Waals surface area contributed by atoms with Crippen LogP contribution in [0.4, 0.5) is 5.13 Å². The van der Waals surface area contributed by atoms with Crippen LogP contribution in [0, 0.1) is 0 Å². The third-order valence-corrected chi connectivity index (χ3v) is 6.17. The number of anilines is 1. The quantitative estimate of drug-likeness (QED) is 0.640. The summed E-state index contributed by atoms with van der Waals surface area (Å²) in [5.74, 6) is -0.551. The van der Waals surface area contributed by atoms with Gasteiger partial charge >= 0.3 is 0 Å². The first-order valence-corrected chi connectivity index (χ1v) is 10.9. The molecule has 0 radical (unpaired) electrons.